The van der Waals surface area contributed by atoms with Gasteiger partial charge in [0, 0.05) is 85.5 Å². The number of aromatic nitrogens is 3. The van der Waals surface area contributed by atoms with Crippen LogP contribution < -0.4 is 15.1 Å². The first-order valence-electron chi connectivity index (χ1n) is 13.8. The van der Waals surface area contributed by atoms with Gasteiger partial charge in [0.25, 0.3) is 0 Å². The summed E-state index contributed by atoms with van der Waals surface area (Å²) in [7, 11) is 0.941. The summed E-state index contributed by atoms with van der Waals surface area (Å²) in [5.74, 6) is 3.86. The van der Waals surface area contributed by atoms with Gasteiger partial charge in [-0.05, 0) is 47.9 Å². The third-order valence-corrected chi connectivity index (χ3v) is 8.51. The minimum Gasteiger partial charge on any atom is -0.382 e. The van der Waals surface area contributed by atoms with Gasteiger partial charge in [-0.25, -0.2) is 9.97 Å². The van der Waals surface area contributed by atoms with E-state index >= 15 is 0 Å². The van der Waals surface area contributed by atoms with E-state index in [-0.39, 0.29) is 6.10 Å². The summed E-state index contributed by atoms with van der Waals surface area (Å²) in [6.45, 7) is 9.31. The summed E-state index contributed by atoms with van der Waals surface area (Å²) in [6.07, 6.45) is 7.72. The third kappa shape index (κ3) is 6.67. The van der Waals surface area contributed by atoms with E-state index in [1.54, 1.807) is 19.6 Å². The lowest BCUT2D eigenvalue weighted by molar-refractivity contribution is 0.00598. The summed E-state index contributed by atoms with van der Waals surface area (Å²) in [6, 6.07) is 8.47. The lowest BCUT2D eigenvalue weighted by Crippen LogP contribution is -2.49. The average molecular weight is 553 g/mol. The van der Waals surface area contributed by atoms with E-state index in [1.165, 1.54) is 16.6 Å². The van der Waals surface area contributed by atoms with Crippen molar-refractivity contribution in [2.75, 3.05) is 73.6 Å². The molecule has 3 aromatic rings. The molecule has 2 aliphatic rings. The number of rotatable bonds is 11. The first-order valence-corrected chi connectivity index (χ1v) is 15.6. The normalized spacial score (nSPS) is 17.6. The average Bonchev–Trinajstić information content (AvgIpc) is 2.90. The third-order valence-electron chi connectivity index (χ3n) is 7.57. The number of nitrogens with zero attached hydrogens (tertiary/aromatic N) is 5. The van der Waals surface area contributed by atoms with Gasteiger partial charge in [0.15, 0.2) is 0 Å². The number of piperidine rings is 1. The molecule has 1 N–H and O–H groups in total. The van der Waals surface area contributed by atoms with Gasteiger partial charge in [-0.15, -0.1) is 0 Å². The zero-order chi connectivity index (χ0) is 27.4. The minimum absolute atomic E-state index is 0.261. The molecule has 39 heavy (non-hydrogen) atoms. The molecule has 1 aromatic carbocycles. The van der Waals surface area contributed by atoms with E-state index in [9.17, 15) is 4.21 Å². The van der Waals surface area contributed by atoms with E-state index in [0.29, 0.717) is 25.0 Å². The molecule has 2 aromatic heterocycles. The van der Waals surface area contributed by atoms with Crippen LogP contribution in [0.4, 0.5) is 23.3 Å². The van der Waals surface area contributed by atoms with Crippen molar-refractivity contribution in [1.82, 2.24) is 15.0 Å². The van der Waals surface area contributed by atoms with Crippen LogP contribution in [0.25, 0.3) is 10.8 Å². The predicted octanol–water partition coefficient (Wildman–Crippen LogP) is 4.34. The topological polar surface area (TPSA) is 92.7 Å². The van der Waals surface area contributed by atoms with Crippen molar-refractivity contribution in [3.05, 3.63) is 42.2 Å². The van der Waals surface area contributed by atoms with Gasteiger partial charge in [-0.3, -0.25) is 4.21 Å². The van der Waals surface area contributed by atoms with Gasteiger partial charge in [-0.1, -0.05) is 19.9 Å². The molecule has 9 nitrogen and oxygen atoms in total. The van der Waals surface area contributed by atoms with E-state index in [2.05, 4.69) is 52.1 Å². The van der Waals surface area contributed by atoms with Crippen LogP contribution in [0.2, 0.25) is 0 Å². The molecule has 0 saturated carbocycles. The number of hydrogen-bond acceptors (Lipinski definition) is 9. The highest BCUT2D eigenvalue weighted by Crippen LogP contribution is 2.37. The van der Waals surface area contributed by atoms with Gasteiger partial charge >= 0.3 is 0 Å². The number of methoxy groups -OCH3 is 1. The maximum atomic E-state index is 11.6. The molecule has 210 valence electrons. The van der Waals surface area contributed by atoms with Crippen LogP contribution in [0.5, 0.6) is 0 Å². The Morgan fingerprint density at radius 1 is 1.05 bits per heavy atom. The Labute approximate surface area is 233 Å². The maximum Gasteiger partial charge on any atom is 0.227 e. The molecule has 2 saturated heterocycles. The lowest BCUT2D eigenvalue weighted by Gasteiger charge is -2.41. The SMILES string of the molecule is COCCOC1CCN(c2nccc(Nc3cc4c(C(C)C)ccc(N5CC(CS(C)=O)C5)c4cn3)n2)CC1. The van der Waals surface area contributed by atoms with Gasteiger partial charge in [0.2, 0.25) is 5.95 Å². The second kappa shape index (κ2) is 12.6. The molecule has 1 unspecified atom stereocenters. The Hall–Kier alpha value is -2.82. The highest BCUT2D eigenvalue weighted by atomic mass is 32.2. The zero-order valence-corrected chi connectivity index (χ0v) is 24.2. The molecule has 0 bridgehead atoms. The molecule has 4 heterocycles. The largest absolute Gasteiger partial charge is 0.382 e. The molecule has 0 amide bonds. The molecule has 0 spiro atoms. The van der Waals surface area contributed by atoms with Crippen LogP contribution in [0.1, 0.15) is 38.2 Å². The van der Waals surface area contributed by atoms with Crippen LogP contribution in [0.3, 0.4) is 0 Å². The summed E-state index contributed by atoms with van der Waals surface area (Å²) >= 11 is 0. The van der Waals surface area contributed by atoms with Crippen molar-refractivity contribution in [1.29, 1.82) is 0 Å². The minimum atomic E-state index is -0.753. The van der Waals surface area contributed by atoms with Gasteiger partial charge < -0.3 is 24.6 Å². The van der Waals surface area contributed by atoms with Gasteiger partial charge in [0.05, 0.1) is 19.3 Å². The van der Waals surface area contributed by atoms with Crippen molar-refractivity contribution < 1.29 is 13.7 Å². The molecular formula is C29H40N6O3S. The first-order chi connectivity index (χ1) is 18.9. The van der Waals surface area contributed by atoms with E-state index < -0.39 is 10.8 Å². The molecule has 0 aliphatic carbocycles. The lowest BCUT2D eigenvalue weighted by atomic mass is 9.93. The van der Waals surface area contributed by atoms with Crippen LogP contribution in [-0.4, -0.2) is 83.8 Å². The van der Waals surface area contributed by atoms with Crippen molar-refractivity contribution in [3.63, 3.8) is 0 Å². The van der Waals surface area contributed by atoms with Gasteiger partial charge in [0.1, 0.15) is 11.6 Å². The van der Waals surface area contributed by atoms with Crippen LogP contribution in [0, 0.1) is 5.92 Å². The molecule has 2 aliphatic heterocycles. The quantitative estimate of drug-likeness (QED) is 0.349. The Morgan fingerprint density at radius 3 is 2.56 bits per heavy atom. The Balaban J connectivity index is 1.30. The standard InChI is InChI=1S/C29H40N6O3S/c1-20(2)23-5-6-26(35-17-21(18-35)19-39(4)36)25-16-31-28(15-24(23)25)32-27-7-10-30-29(33-27)34-11-8-22(9-12-34)38-14-13-37-3/h5-7,10,15-16,20-22H,8-9,11-14,17-19H2,1-4H3,(H,30,31,32,33). The fourth-order valence-electron chi connectivity index (χ4n) is 5.52. The molecule has 10 heteroatoms. The summed E-state index contributed by atoms with van der Waals surface area (Å²) in [4.78, 5) is 18.7. The monoisotopic (exact) mass is 552 g/mol. The number of ether oxygens (including phenoxy) is 2. The van der Waals surface area contributed by atoms with Crippen LogP contribution in [0.15, 0.2) is 36.7 Å². The Kier molecular flexibility index (Phi) is 8.94. The highest BCUT2D eigenvalue weighted by Gasteiger charge is 2.29. The number of benzene rings is 1. The summed E-state index contributed by atoms with van der Waals surface area (Å²) in [5.41, 5.74) is 2.50. The molecule has 2 fully saturated rings. The highest BCUT2D eigenvalue weighted by molar-refractivity contribution is 7.84. The van der Waals surface area contributed by atoms with E-state index in [0.717, 1.165) is 67.7 Å². The maximum absolute atomic E-state index is 11.6. The van der Waals surface area contributed by atoms with E-state index in [1.807, 2.05) is 12.3 Å². The summed E-state index contributed by atoms with van der Waals surface area (Å²) < 4.78 is 22.6. The fourth-order valence-corrected chi connectivity index (χ4v) is 6.39. The Bertz CT molecular complexity index is 1290. The smallest absolute Gasteiger partial charge is 0.227 e. The second-order valence-electron chi connectivity index (χ2n) is 10.9. The molecular weight excluding hydrogens is 512 g/mol. The van der Waals surface area contributed by atoms with E-state index in [4.69, 9.17) is 19.4 Å². The van der Waals surface area contributed by atoms with Crippen molar-refractivity contribution in [3.8, 4) is 0 Å². The van der Waals surface area contributed by atoms with Crippen molar-refractivity contribution in [2.45, 2.75) is 38.7 Å². The van der Waals surface area contributed by atoms with Crippen molar-refractivity contribution in [2.24, 2.45) is 5.92 Å². The Morgan fingerprint density at radius 2 is 1.85 bits per heavy atom. The van der Waals surface area contributed by atoms with Crippen LogP contribution in [-0.2, 0) is 20.3 Å². The number of hydrogen-bond donors (Lipinski definition) is 1. The fraction of sp³-hybridized carbons (Fsp3) is 0.552. The predicted molar refractivity (Wildman–Crippen MR) is 159 cm³/mol. The summed E-state index contributed by atoms with van der Waals surface area (Å²) in [5, 5.41) is 5.77. The van der Waals surface area contributed by atoms with Gasteiger partial charge in [-0.2, -0.15) is 4.98 Å². The number of nitrogens with one attached hydrogen (secondary N) is 1. The number of fused-ring (bicyclic) bond motifs is 1. The first kappa shape index (κ1) is 27.7. The molecule has 5 rings (SSSR count). The molecule has 0 radical (unpaired) electrons. The molecule has 1 atom stereocenters. The zero-order valence-electron chi connectivity index (χ0n) is 23.4. The second-order valence-corrected chi connectivity index (χ2v) is 12.4. The number of pyridine rings is 1. The van der Waals surface area contributed by atoms with Crippen LogP contribution >= 0.6 is 0 Å². The van der Waals surface area contributed by atoms with Crippen molar-refractivity contribution >= 4 is 44.8 Å². The number of anilines is 4.